The van der Waals surface area contributed by atoms with Gasteiger partial charge in [-0.25, -0.2) is 4.79 Å². The molecule has 21 heavy (non-hydrogen) atoms. The number of fused-ring (bicyclic) bond motifs is 1. The molecule has 5 nitrogen and oxygen atoms in total. The van der Waals surface area contributed by atoms with Gasteiger partial charge in [-0.1, -0.05) is 32.6 Å². The summed E-state index contributed by atoms with van der Waals surface area (Å²) in [5.74, 6) is 0.746. The van der Waals surface area contributed by atoms with Crippen LogP contribution in [0.3, 0.4) is 0 Å². The molecule has 1 aliphatic heterocycles. The Kier molecular flexibility index (Phi) is 5.88. The molecule has 0 spiro atoms. The molecule has 0 bridgehead atoms. The van der Waals surface area contributed by atoms with Gasteiger partial charge in [-0.2, -0.15) is 0 Å². The molecule has 5 heteroatoms. The van der Waals surface area contributed by atoms with Crippen LogP contribution in [-0.2, 0) is 4.79 Å². The van der Waals surface area contributed by atoms with Gasteiger partial charge in [0.05, 0.1) is 0 Å². The molecule has 2 fully saturated rings. The molecule has 0 unspecified atom stereocenters. The maximum absolute atomic E-state index is 12.9. The van der Waals surface area contributed by atoms with Crippen molar-refractivity contribution in [3.8, 4) is 0 Å². The number of nitrogens with two attached hydrogens (primary N) is 1. The predicted octanol–water partition coefficient (Wildman–Crippen LogP) is 2.39. The lowest BCUT2D eigenvalue weighted by molar-refractivity contribution is -0.139. The van der Waals surface area contributed by atoms with Gasteiger partial charge in [0.25, 0.3) is 0 Å². The summed E-state index contributed by atoms with van der Waals surface area (Å²) < 4.78 is 0. The van der Waals surface area contributed by atoms with E-state index in [9.17, 15) is 9.59 Å². The number of hydrogen-bond donors (Lipinski definition) is 2. The first-order valence-corrected chi connectivity index (χ1v) is 8.50. The monoisotopic (exact) mass is 295 g/mol. The van der Waals surface area contributed by atoms with Gasteiger partial charge in [-0.05, 0) is 38.0 Å². The lowest BCUT2D eigenvalue weighted by atomic mass is 9.78. The summed E-state index contributed by atoms with van der Waals surface area (Å²) in [5, 5.41) is 2.65. The summed E-state index contributed by atoms with van der Waals surface area (Å²) in [6, 6.07) is -0.649. The van der Waals surface area contributed by atoms with Crippen molar-refractivity contribution in [3.05, 3.63) is 0 Å². The Morgan fingerprint density at radius 1 is 1.24 bits per heavy atom. The van der Waals surface area contributed by atoms with Crippen LogP contribution in [0.4, 0.5) is 4.79 Å². The van der Waals surface area contributed by atoms with Crippen LogP contribution in [0.15, 0.2) is 0 Å². The number of piperidine rings is 1. The van der Waals surface area contributed by atoms with Crippen molar-refractivity contribution in [2.75, 3.05) is 6.54 Å². The average molecular weight is 295 g/mol. The average Bonchev–Trinajstić information content (AvgIpc) is 2.50. The van der Waals surface area contributed by atoms with Crippen molar-refractivity contribution >= 4 is 11.9 Å². The summed E-state index contributed by atoms with van der Waals surface area (Å²) in [5.41, 5.74) is 5.24. The van der Waals surface area contributed by atoms with E-state index in [-0.39, 0.29) is 5.91 Å². The molecule has 0 aromatic heterocycles. The minimum absolute atomic E-state index is 0.0823. The number of carbonyl (C=O) groups excluding carboxylic acids is 2. The zero-order chi connectivity index (χ0) is 15.2. The molecule has 3 N–H and O–H groups in total. The van der Waals surface area contributed by atoms with E-state index in [1.165, 1.54) is 25.7 Å². The number of nitrogens with one attached hydrogen (secondary N) is 1. The Morgan fingerprint density at radius 2 is 1.95 bits per heavy atom. The third kappa shape index (κ3) is 4.11. The Bertz CT molecular complexity index is 371. The van der Waals surface area contributed by atoms with Crippen LogP contribution in [0.25, 0.3) is 0 Å². The van der Waals surface area contributed by atoms with E-state index >= 15 is 0 Å². The summed E-state index contributed by atoms with van der Waals surface area (Å²) in [6.45, 7) is 2.92. The second-order valence-electron chi connectivity index (χ2n) is 6.49. The summed E-state index contributed by atoms with van der Waals surface area (Å²) in [7, 11) is 0. The van der Waals surface area contributed by atoms with E-state index in [4.69, 9.17) is 5.73 Å². The minimum atomic E-state index is -0.596. The van der Waals surface area contributed by atoms with Crippen molar-refractivity contribution in [3.63, 3.8) is 0 Å². The van der Waals surface area contributed by atoms with Gasteiger partial charge in [0, 0.05) is 12.6 Å². The smallest absolute Gasteiger partial charge is 0.312 e. The fourth-order valence-corrected chi connectivity index (χ4v) is 3.94. The first kappa shape index (κ1) is 16.1. The van der Waals surface area contributed by atoms with Crippen molar-refractivity contribution < 1.29 is 9.59 Å². The number of nitrogens with zero attached hydrogens (tertiary/aromatic N) is 1. The molecule has 0 radical (unpaired) electrons. The summed E-state index contributed by atoms with van der Waals surface area (Å²) in [4.78, 5) is 26.1. The molecule has 1 saturated carbocycles. The molecule has 1 saturated heterocycles. The lowest BCUT2D eigenvalue weighted by Gasteiger charge is -2.45. The van der Waals surface area contributed by atoms with Crippen LogP contribution in [-0.4, -0.2) is 35.5 Å². The molecule has 2 aliphatic rings. The number of amides is 3. The highest BCUT2D eigenvalue weighted by Gasteiger charge is 2.37. The summed E-state index contributed by atoms with van der Waals surface area (Å²) in [6.07, 6.45) is 9.84. The standard InChI is InChI=1S/C16H29N3O2/c1-2-3-9-13(18-16(17)21)15(20)19-11-6-8-12-7-4-5-10-14(12)19/h12-14H,2-11H2,1H3,(H3,17,18,21)/t12-,13+,14+/m1/s1. The highest BCUT2D eigenvalue weighted by molar-refractivity contribution is 5.86. The molecule has 2 rings (SSSR count). The molecular formula is C16H29N3O2. The largest absolute Gasteiger partial charge is 0.352 e. The number of carbonyl (C=O) groups is 2. The molecule has 3 atom stereocenters. The Morgan fingerprint density at radius 3 is 2.67 bits per heavy atom. The minimum Gasteiger partial charge on any atom is -0.352 e. The first-order valence-electron chi connectivity index (χ1n) is 8.50. The predicted molar refractivity (Wildman–Crippen MR) is 82.7 cm³/mol. The van der Waals surface area contributed by atoms with Crippen molar-refractivity contribution in [2.24, 2.45) is 11.7 Å². The molecule has 0 aromatic rings. The lowest BCUT2D eigenvalue weighted by Crippen LogP contribution is -2.56. The van der Waals surface area contributed by atoms with Gasteiger partial charge >= 0.3 is 6.03 Å². The number of primary amides is 1. The van der Waals surface area contributed by atoms with E-state index in [1.807, 2.05) is 4.90 Å². The Hall–Kier alpha value is -1.26. The second kappa shape index (κ2) is 7.66. The van der Waals surface area contributed by atoms with Gasteiger partial charge in [0.1, 0.15) is 6.04 Å². The van der Waals surface area contributed by atoms with Gasteiger partial charge in [0.2, 0.25) is 5.91 Å². The third-order valence-electron chi connectivity index (χ3n) is 4.99. The van der Waals surface area contributed by atoms with Gasteiger partial charge in [0.15, 0.2) is 0 Å². The van der Waals surface area contributed by atoms with Gasteiger partial charge in [-0.15, -0.1) is 0 Å². The van der Waals surface area contributed by atoms with Crippen molar-refractivity contribution in [1.82, 2.24) is 10.2 Å². The van der Waals surface area contributed by atoms with Crippen LogP contribution < -0.4 is 11.1 Å². The summed E-state index contributed by atoms with van der Waals surface area (Å²) >= 11 is 0. The first-order chi connectivity index (χ1) is 10.1. The molecule has 1 aliphatic carbocycles. The molecule has 1 heterocycles. The number of rotatable bonds is 5. The highest BCUT2D eigenvalue weighted by atomic mass is 16.2. The number of unbranched alkanes of at least 4 members (excludes halogenated alkanes) is 1. The van der Waals surface area contributed by atoms with E-state index in [0.717, 1.165) is 32.2 Å². The van der Waals surface area contributed by atoms with Crippen LogP contribution >= 0.6 is 0 Å². The van der Waals surface area contributed by atoms with E-state index in [0.29, 0.717) is 18.4 Å². The van der Waals surface area contributed by atoms with Crippen molar-refractivity contribution in [1.29, 1.82) is 0 Å². The Labute approximate surface area is 127 Å². The number of likely N-dealkylation sites (tertiary alicyclic amines) is 1. The zero-order valence-electron chi connectivity index (χ0n) is 13.1. The molecule has 0 aromatic carbocycles. The highest BCUT2D eigenvalue weighted by Crippen LogP contribution is 2.35. The normalized spacial score (nSPS) is 26.8. The van der Waals surface area contributed by atoms with E-state index in [1.54, 1.807) is 0 Å². The fourth-order valence-electron chi connectivity index (χ4n) is 3.94. The zero-order valence-corrected chi connectivity index (χ0v) is 13.1. The molecule has 3 amide bonds. The molecular weight excluding hydrogens is 266 g/mol. The SMILES string of the molecule is CCCC[C@H](NC(N)=O)C(=O)N1CCC[C@H]2CCCC[C@@H]21. The van der Waals surface area contributed by atoms with E-state index in [2.05, 4.69) is 12.2 Å². The van der Waals surface area contributed by atoms with Crippen molar-refractivity contribution in [2.45, 2.75) is 76.8 Å². The van der Waals surface area contributed by atoms with Crippen LogP contribution in [0, 0.1) is 5.92 Å². The number of urea groups is 1. The van der Waals surface area contributed by atoms with E-state index < -0.39 is 12.1 Å². The molecule has 120 valence electrons. The topological polar surface area (TPSA) is 75.4 Å². The van der Waals surface area contributed by atoms with Crippen LogP contribution in [0.2, 0.25) is 0 Å². The van der Waals surface area contributed by atoms with Gasteiger partial charge in [-0.3, -0.25) is 4.79 Å². The quantitative estimate of drug-likeness (QED) is 0.817. The van der Waals surface area contributed by atoms with Gasteiger partial charge < -0.3 is 16.0 Å². The Balaban J connectivity index is 2.04. The second-order valence-corrected chi connectivity index (χ2v) is 6.49. The van der Waals surface area contributed by atoms with Crippen LogP contribution in [0.5, 0.6) is 0 Å². The fraction of sp³-hybridized carbons (Fsp3) is 0.875. The maximum atomic E-state index is 12.9. The van der Waals surface area contributed by atoms with Crippen LogP contribution in [0.1, 0.15) is 64.7 Å². The third-order valence-corrected chi connectivity index (χ3v) is 4.99. The maximum Gasteiger partial charge on any atom is 0.312 e. The number of hydrogen-bond acceptors (Lipinski definition) is 2.